The minimum Gasteiger partial charge on any atom is -0.399 e. The maximum Gasteiger partial charge on any atom is 0.253 e. The number of amides is 1. The van der Waals surface area contributed by atoms with Crippen LogP contribution in [0.15, 0.2) is 18.2 Å². The second-order valence-corrected chi connectivity index (χ2v) is 4.89. The van der Waals surface area contributed by atoms with Gasteiger partial charge in [-0.3, -0.25) is 4.79 Å². The van der Waals surface area contributed by atoms with Gasteiger partial charge in [-0.05, 0) is 37.5 Å². The number of benzene rings is 1. The summed E-state index contributed by atoms with van der Waals surface area (Å²) in [4.78, 5) is 12.0. The number of aliphatic hydroxyl groups is 1. The van der Waals surface area contributed by atoms with E-state index in [0.717, 1.165) is 19.3 Å². The van der Waals surface area contributed by atoms with Crippen LogP contribution in [0.3, 0.4) is 0 Å². The molecule has 0 atom stereocenters. The quantitative estimate of drug-likeness (QED) is 0.717. The molecule has 0 spiro atoms. The van der Waals surface area contributed by atoms with Gasteiger partial charge in [-0.1, -0.05) is 11.6 Å². The monoisotopic (exact) mass is 254 g/mol. The highest BCUT2D eigenvalue weighted by Gasteiger charge is 2.38. The van der Waals surface area contributed by atoms with Gasteiger partial charge in [0, 0.05) is 5.69 Å². The van der Waals surface area contributed by atoms with Crippen LogP contribution in [-0.2, 0) is 0 Å². The maximum absolute atomic E-state index is 12.0. The summed E-state index contributed by atoms with van der Waals surface area (Å²) in [6.45, 7) is -0.0430. The lowest BCUT2D eigenvalue weighted by Crippen LogP contribution is -2.56. The fourth-order valence-electron chi connectivity index (χ4n) is 1.95. The van der Waals surface area contributed by atoms with Crippen molar-refractivity contribution in [2.24, 2.45) is 0 Å². The first kappa shape index (κ1) is 12.2. The lowest BCUT2D eigenvalue weighted by Gasteiger charge is -2.41. The Kier molecular flexibility index (Phi) is 3.26. The molecule has 1 saturated carbocycles. The van der Waals surface area contributed by atoms with Crippen molar-refractivity contribution in [1.82, 2.24) is 5.32 Å². The van der Waals surface area contributed by atoms with Gasteiger partial charge in [0.2, 0.25) is 0 Å². The average molecular weight is 255 g/mol. The molecular formula is C12H15ClN2O2. The molecule has 0 heterocycles. The average Bonchev–Trinajstić information content (AvgIpc) is 2.26. The molecule has 0 aromatic heterocycles. The molecule has 2 rings (SSSR count). The number of carbonyl (C=O) groups is 1. The van der Waals surface area contributed by atoms with Crippen LogP contribution < -0.4 is 11.1 Å². The number of aliphatic hydroxyl groups excluding tert-OH is 1. The summed E-state index contributed by atoms with van der Waals surface area (Å²) < 4.78 is 0. The van der Waals surface area contributed by atoms with Crippen LogP contribution in [0, 0.1) is 0 Å². The molecule has 0 aliphatic heterocycles. The molecule has 1 aromatic carbocycles. The van der Waals surface area contributed by atoms with Gasteiger partial charge >= 0.3 is 0 Å². The SMILES string of the molecule is Nc1ccc(Cl)c(C(=O)NC2(CO)CCC2)c1. The predicted octanol–water partition coefficient (Wildman–Crippen LogP) is 1.57. The molecule has 0 unspecified atom stereocenters. The summed E-state index contributed by atoms with van der Waals surface area (Å²) in [6.07, 6.45) is 2.62. The number of nitrogens with two attached hydrogens (primary N) is 1. The van der Waals surface area contributed by atoms with Gasteiger partial charge in [-0.2, -0.15) is 0 Å². The van der Waals surface area contributed by atoms with Crippen LogP contribution in [0.5, 0.6) is 0 Å². The number of hydrogen-bond acceptors (Lipinski definition) is 3. The lowest BCUT2D eigenvalue weighted by molar-refractivity contribution is 0.0642. The van der Waals surface area contributed by atoms with Crippen molar-refractivity contribution in [2.45, 2.75) is 24.8 Å². The molecule has 1 fully saturated rings. The molecule has 1 aliphatic rings. The number of halogens is 1. The van der Waals surface area contributed by atoms with Gasteiger partial charge in [0.15, 0.2) is 0 Å². The van der Waals surface area contributed by atoms with E-state index >= 15 is 0 Å². The first-order valence-electron chi connectivity index (χ1n) is 5.55. The zero-order valence-corrected chi connectivity index (χ0v) is 10.1. The lowest BCUT2D eigenvalue weighted by atomic mass is 9.77. The Morgan fingerprint density at radius 2 is 2.24 bits per heavy atom. The third-order valence-electron chi connectivity index (χ3n) is 3.23. The Hall–Kier alpha value is -1.26. The highest BCUT2D eigenvalue weighted by Crippen LogP contribution is 2.32. The standard InChI is InChI=1S/C12H15ClN2O2/c13-10-3-2-8(14)6-9(10)11(17)15-12(7-16)4-1-5-12/h2-3,6,16H,1,4-5,7,14H2,(H,15,17). The molecule has 1 amide bonds. The van der Waals surface area contributed by atoms with E-state index in [9.17, 15) is 9.90 Å². The zero-order chi connectivity index (χ0) is 12.5. The van der Waals surface area contributed by atoms with Crippen molar-refractivity contribution in [2.75, 3.05) is 12.3 Å². The van der Waals surface area contributed by atoms with E-state index in [2.05, 4.69) is 5.32 Å². The number of hydrogen-bond donors (Lipinski definition) is 3. The fraction of sp³-hybridized carbons (Fsp3) is 0.417. The van der Waals surface area contributed by atoms with Gasteiger partial charge in [-0.15, -0.1) is 0 Å². The predicted molar refractivity (Wildman–Crippen MR) is 67.0 cm³/mol. The molecular weight excluding hydrogens is 240 g/mol. The molecule has 4 nitrogen and oxygen atoms in total. The van der Waals surface area contributed by atoms with E-state index in [1.54, 1.807) is 18.2 Å². The Labute approximate surface area is 105 Å². The highest BCUT2D eigenvalue weighted by atomic mass is 35.5. The highest BCUT2D eigenvalue weighted by molar-refractivity contribution is 6.34. The molecule has 4 N–H and O–H groups in total. The van der Waals surface area contributed by atoms with Crippen LogP contribution >= 0.6 is 11.6 Å². The van der Waals surface area contributed by atoms with Gasteiger partial charge in [0.25, 0.3) is 5.91 Å². The normalized spacial score (nSPS) is 17.3. The largest absolute Gasteiger partial charge is 0.399 e. The second kappa shape index (κ2) is 4.55. The topological polar surface area (TPSA) is 75.4 Å². The molecule has 0 saturated heterocycles. The van der Waals surface area contributed by atoms with E-state index in [4.69, 9.17) is 17.3 Å². The summed E-state index contributed by atoms with van der Waals surface area (Å²) in [5.74, 6) is -0.281. The summed E-state index contributed by atoms with van der Waals surface area (Å²) in [5.41, 5.74) is 6.00. The zero-order valence-electron chi connectivity index (χ0n) is 9.37. The number of nitrogen functional groups attached to an aromatic ring is 1. The molecule has 0 radical (unpaired) electrons. The Morgan fingerprint density at radius 1 is 1.53 bits per heavy atom. The molecule has 5 heteroatoms. The molecule has 17 heavy (non-hydrogen) atoms. The van der Waals surface area contributed by atoms with Gasteiger partial charge in [0.05, 0.1) is 22.7 Å². The molecule has 0 bridgehead atoms. The van der Waals surface area contributed by atoms with Crippen LogP contribution in [0.4, 0.5) is 5.69 Å². The van der Waals surface area contributed by atoms with E-state index in [1.807, 2.05) is 0 Å². The van der Waals surface area contributed by atoms with E-state index in [-0.39, 0.29) is 12.5 Å². The smallest absolute Gasteiger partial charge is 0.253 e. The van der Waals surface area contributed by atoms with Gasteiger partial charge < -0.3 is 16.2 Å². The van der Waals surface area contributed by atoms with Crippen molar-refractivity contribution in [3.8, 4) is 0 Å². The molecule has 1 aromatic rings. The number of anilines is 1. The van der Waals surface area contributed by atoms with Crippen LogP contribution in [0.2, 0.25) is 5.02 Å². The number of carbonyl (C=O) groups excluding carboxylic acids is 1. The van der Waals surface area contributed by atoms with Crippen LogP contribution in [0.25, 0.3) is 0 Å². The Morgan fingerprint density at radius 3 is 2.76 bits per heavy atom. The summed E-state index contributed by atoms with van der Waals surface area (Å²) in [6, 6.07) is 4.78. The molecule has 92 valence electrons. The Balaban J connectivity index is 2.17. The van der Waals surface area contributed by atoms with Crippen molar-refractivity contribution in [1.29, 1.82) is 0 Å². The third-order valence-corrected chi connectivity index (χ3v) is 3.56. The van der Waals surface area contributed by atoms with Crippen molar-refractivity contribution in [3.63, 3.8) is 0 Å². The summed E-state index contributed by atoms with van der Waals surface area (Å²) in [5, 5.41) is 12.5. The second-order valence-electron chi connectivity index (χ2n) is 4.49. The fourth-order valence-corrected chi connectivity index (χ4v) is 2.15. The summed E-state index contributed by atoms with van der Waals surface area (Å²) in [7, 11) is 0. The first-order chi connectivity index (χ1) is 8.06. The number of rotatable bonds is 3. The van der Waals surface area contributed by atoms with Crippen LogP contribution in [0.1, 0.15) is 29.6 Å². The van der Waals surface area contributed by atoms with Crippen molar-refractivity contribution in [3.05, 3.63) is 28.8 Å². The van der Waals surface area contributed by atoms with E-state index in [0.29, 0.717) is 16.3 Å². The molecule has 1 aliphatic carbocycles. The Bertz CT molecular complexity index is 439. The number of nitrogens with one attached hydrogen (secondary N) is 1. The van der Waals surface area contributed by atoms with Gasteiger partial charge in [-0.25, -0.2) is 0 Å². The van der Waals surface area contributed by atoms with Crippen LogP contribution in [-0.4, -0.2) is 23.2 Å². The third kappa shape index (κ3) is 2.37. The van der Waals surface area contributed by atoms with E-state index < -0.39 is 5.54 Å². The van der Waals surface area contributed by atoms with Crippen molar-refractivity contribution < 1.29 is 9.90 Å². The minimum atomic E-state index is -0.467. The van der Waals surface area contributed by atoms with Crippen molar-refractivity contribution >= 4 is 23.2 Å². The maximum atomic E-state index is 12.0. The van der Waals surface area contributed by atoms with Gasteiger partial charge in [0.1, 0.15) is 0 Å². The van der Waals surface area contributed by atoms with E-state index in [1.165, 1.54) is 0 Å². The minimum absolute atomic E-state index is 0.0430. The summed E-state index contributed by atoms with van der Waals surface area (Å²) >= 11 is 5.95. The first-order valence-corrected chi connectivity index (χ1v) is 5.92.